The lowest BCUT2D eigenvalue weighted by Gasteiger charge is -2.36. The van der Waals surface area contributed by atoms with Gasteiger partial charge in [0.05, 0.1) is 25.3 Å². The number of amides is 3. The number of carbonyl (C=O) groups is 4. The molecule has 0 saturated carbocycles. The van der Waals surface area contributed by atoms with Gasteiger partial charge in [-0.3, -0.25) is 24.2 Å². The highest BCUT2D eigenvalue weighted by atomic mass is 19.1. The highest BCUT2D eigenvalue weighted by Gasteiger charge is 2.34. The Labute approximate surface area is 201 Å². The minimum atomic E-state index is -0.851. The number of ether oxygens (including phenoxy) is 2. The first-order valence-electron chi connectivity index (χ1n) is 11.1. The van der Waals surface area contributed by atoms with Crippen LogP contribution in [0.5, 0.6) is 0 Å². The molecular formula is C22H29F2N5O6. The lowest BCUT2D eigenvalue weighted by Crippen LogP contribution is -2.50. The molecule has 0 spiro atoms. The first kappa shape index (κ1) is 26.1. The molecule has 35 heavy (non-hydrogen) atoms. The Morgan fingerprint density at radius 3 is 2.34 bits per heavy atom. The third kappa shape index (κ3) is 6.78. The number of anilines is 2. The van der Waals surface area contributed by atoms with Gasteiger partial charge in [0.25, 0.3) is 5.91 Å². The van der Waals surface area contributed by atoms with Crippen molar-refractivity contribution >= 4 is 35.3 Å². The van der Waals surface area contributed by atoms with Gasteiger partial charge in [-0.15, -0.1) is 0 Å². The van der Waals surface area contributed by atoms with E-state index in [0.29, 0.717) is 0 Å². The van der Waals surface area contributed by atoms with Crippen LogP contribution in [0.15, 0.2) is 12.1 Å². The molecule has 2 heterocycles. The van der Waals surface area contributed by atoms with Crippen molar-refractivity contribution < 1.29 is 37.4 Å². The topological polar surface area (TPSA) is 112 Å². The summed E-state index contributed by atoms with van der Waals surface area (Å²) in [5.41, 5.74) is -0.243. The van der Waals surface area contributed by atoms with Gasteiger partial charge in [-0.2, -0.15) is 0 Å². The molecule has 13 heteroatoms. The lowest BCUT2D eigenvalue weighted by molar-refractivity contribution is -0.152. The van der Waals surface area contributed by atoms with Crippen LogP contribution in [0.1, 0.15) is 6.92 Å². The van der Waals surface area contributed by atoms with E-state index in [0.717, 1.165) is 17.0 Å². The molecule has 1 aromatic carbocycles. The number of esters is 1. The Bertz CT molecular complexity index is 960. The SMILES string of the molecule is CC(=O)NC[C@H]1CN(c2cc(F)c(N3CCN(C(=O)COC(=O)CN(C)C)CC3)c(F)c2)C(=O)O1. The van der Waals surface area contributed by atoms with Crippen molar-refractivity contribution in [1.82, 2.24) is 15.1 Å². The average molecular weight is 497 g/mol. The lowest BCUT2D eigenvalue weighted by atomic mass is 10.2. The molecule has 1 N–H and O–H groups in total. The zero-order chi connectivity index (χ0) is 25.7. The van der Waals surface area contributed by atoms with E-state index < -0.39 is 29.8 Å². The molecule has 2 aliphatic rings. The van der Waals surface area contributed by atoms with Crippen LogP contribution < -0.4 is 15.1 Å². The highest BCUT2D eigenvalue weighted by Crippen LogP contribution is 2.31. The predicted octanol–water partition coefficient (Wildman–Crippen LogP) is 0.180. The largest absolute Gasteiger partial charge is 0.455 e. The number of rotatable bonds is 8. The van der Waals surface area contributed by atoms with Gasteiger partial charge in [0.15, 0.2) is 18.2 Å². The van der Waals surface area contributed by atoms with Crippen molar-refractivity contribution in [3.8, 4) is 0 Å². The summed E-state index contributed by atoms with van der Waals surface area (Å²) in [5, 5.41) is 2.54. The van der Waals surface area contributed by atoms with Gasteiger partial charge in [-0.1, -0.05) is 0 Å². The Morgan fingerprint density at radius 2 is 1.77 bits per heavy atom. The van der Waals surface area contributed by atoms with Gasteiger partial charge in [0.1, 0.15) is 11.8 Å². The van der Waals surface area contributed by atoms with E-state index in [1.165, 1.54) is 16.7 Å². The van der Waals surface area contributed by atoms with E-state index in [4.69, 9.17) is 9.47 Å². The van der Waals surface area contributed by atoms with Gasteiger partial charge in [0.2, 0.25) is 5.91 Å². The van der Waals surface area contributed by atoms with Gasteiger partial charge in [0, 0.05) is 45.2 Å². The molecule has 192 valence electrons. The fourth-order valence-corrected chi connectivity index (χ4v) is 3.82. The summed E-state index contributed by atoms with van der Waals surface area (Å²) >= 11 is 0. The Kier molecular flexibility index (Phi) is 8.43. The van der Waals surface area contributed by atoms with Crippen molar-refractivity contribution in [2.45, 2.75) is 13.0 Å². The fourth-order valence-electron chi connectivity index (χ4n) is 3.82. The number of piperazine rings is 1. The van der Waals surface area contributed by atoms with E-state index >= 15 is 0 Å². The number of benzene rings is 1. The maximum atomic E-state index is 14.9. The summed E-state index contributed by atoms with van der Waals surface area (Å²) in [6.45, 7) is 1.89. The molecule has 11 nitrogen and oxygen atoms in total. The summed E-state index contributed by atoms with van der Waals surface area (Å²) in [4.78, 5) is 52.8. The molecule has 3 amide bonds. The van der Waals surface area contributed by atoms with Crippen molar-refractivity contribution in [2.75, 3.05) is 76.3 Å². The van der Waals surface area contributed by atoms with Crippen molar-refractivity contribution in [3.63, 3.8) is 0 Å². The molecule has 3 rings (SSSR count). The average Bonchev–Trinajstić information content (AvgIpc) is 3.16. The van der Waals surface area contributed by atoms with Gasteiger partial charge >= 0.3 is 12.1 Å². The molecule has 2 aliphatic heterocycles. The van der Waals surface area contributed by atoms with Gasteiger partial charge in [-0.25, -0.2) is 13.6 Å². The van der Waals surface area contributed by atoms with Crippen molar-refractivity contribution in [2.24, 2.45) is 0 Å². The zero-order valence-corrected chi connectivity index (χ0v) is 19.9. The smallest absolute Gasteiger partial charge is 0.414 e. The molecule has 1 aromatic rings. The van der Waals surface area contributed by atoms with Crippen LogP contribution >= 0.6 is 0 Å². The van der Waals surface area contributed by atoms with Crippen LogP contribution in [0.25, 0.3) is 0 Å². The maximum absolute atomic E-state index is 14.9. The molecule has 1 atom stereocenters. The van der Waals surface area contributed by atoms with Crippen LogP contribution in [0.2, 0.25) is 0 Å². The number of hydrogen-bond donors (Lipinski definition) is 1. The standard InChI is InChI=1S/C22H29F2N5O6/c1-14(30)25-10-16-11-29(22(33)35-16)15-8-17(23)21(18(24)9-15)28-6-4-27(5-7-28)19(31)13-34-20(32)12-26(2)3/h8-9,16H,4-7,10-13H2,1-3H3,(H,25,30)/t16-/m0/s1. The minimum Gasteiger partial charge on any atom is -0.455 e. The summed E-state index contributed by atoms with van der Waals surface area (Å²) in [5.74, 6) is -2.89. The Hall–Kier alpha value is -3.48. The summed E-state index contributed by atoms with van der Waals surface area (Å²) < 4.78 is 40.0. The molecule has 0 aliphatic carbocycles. The van der Waals surface area contributed by atoms with Crippen LogP contribution in [-0.4, -0.2) is 106 Å². The molecule has 2 saturated heterocycles. The second kappa shape index (κ2) is 11.3. The number of halogens is 2. The van der Waals surface area contributed by atoms with Crippen LogP contribution in [0.4, 0.5) is 25.0 Å². The van der Waals surface area contributed by atoms with Crippen LogP contribution in [0, 0.1) is 11.6 Å². The van der Waals surface area contributed by atoms with Crippen molar-refractivity contribution in [3.05, 3.63) is 23.8 Å². The second-order valence-electron chi connectivity index (χ2n) is 8.58. The molecule has 0 bridgehead atoms. The summed E-state index contributed by atoms with van der Waals surface area (Å²) in [7, 11) is 3.41. The zero-order valence-electron chi connectivity index (χ0n) is 19.9. The van der Waals surface area contributed by atoms with Gasteiger partial charge in [-0.05, 0) is 14.1 Å². The normalized spacial score (nSPS) is 18.1. The third-order valence-corrected chi connectivity index (χ3v) is 5.52. The van der Waals surface area contributed by atoms with E-state index in [2.05, 4.69) is 5.32 Å². The molecule has 0 aromatic heterocycles. The fraction of sp³-hybridized carbons (Fsp3) is 0.545. The van der Waals surface area contributed by atoms with Gasteiger partial charge < -0.3 is 24.6 Å². The molecule has 0 unspecified atom stereocenters. The first-order valence-corrected chi connectivity index (χ1v) is 11.1. The number of carbonyl (C=O) groups excluding carboxylic acids is 4. The number of likely N-dealkylation sites (N-methyl/N-ethyl adjacent to an activating group) is 1. The monoisotopic (exact) mass is 497 g/mol. The minimum absolute atomic E-state index is 0.00688. The first-order chi connectivity index (χ1) is 16.5. The van der Waals surface area contributed by atoms with Crippen molar-refractivity contribution in [1.29, 1.82) is 0 Å². The quantitative estimate of drug-likeness (QED) is 0.507. The van der Waals surface area contributed by atoms with Crippen LogP contribution in [0.3, 0.4) is 0 Å². The number of hydrogen-bond acceptors (Lipinski definition) is 8. The third-order valence-electron chi connectivity index (χ3n) is 5.52. The number of nitrogens with one attached hydrogen (secondary N) is 1. The number of cyclic esters (lactones) is 1. The van der Waals surface area contributed by atoms with E-state index in [-0.39, 0.29) is 75.6 Å². The number of nitrogens with zero attached hydrogens (tertiary/aromatic N) is 4. The second-order valence-corrected chi connectivity index (χ2v) is 8.58. The predicted molar refractivity (Wildman–Crippen MR) is 121 cm³/mol. The maximum Gasteiger partial charge on any atom is 0.414 e. The summed E-state index contributed by atoms with van der Waals surface area (Å²) in [6, 6.07) is 2.12. The molecule has 0 radical (unpaired) electrons. The van der Waals surface area contributed by atoms with Crippen LogP contribution in [-0.2, 0) is 23.9 Å². The Morgan fingerprint density at radius 1 is 1.14 bits per heavy atom. The molecule has 2 fully saturated rings. The summed E-state index contributed by atoms with van der Waals surface area (Å²) in [6.07, 6.45) is -1.39. The molecular weight excluding hydrogens is 468 g/mol. The highest BCUT2D eigenvalue weighted by molar-refractivity contribution is 5.90. The van der Waals surface area contributed by atoms with E-state index in [1.54, 1.807) is 19.0 Å². The van der Waals surface area contributed by atoms with E-state index in [1.807, 2.05) is 0 Å². The van der Waals surface area contributed by atoms with E-state index in [9.17, 15) is 28.0 Å². The Balaban J connectivity index is 1.58.